The minimum atomic E-state index is -2.82. The van der Waals surface area contributed by atoms with Crippen LogP contribution in [0, 0.1) is 0 Å². The number of rotatable bonds is 4. The summed E-state index contributed by atoms with van der Waals surface area (Å²) in [4.78, 5) is 2.01. The summed E-state index contributed by atoms with van der Waals surface area (Å²) in [5.74, 6) is 0.817. The van der Waals surface area contributed by atoms with E-state index in [-0.39, 0.29) is 5.75 Å². The number of nitrogens with zero attached hydrogens (tertiary/aromatic N) is 1. The summed E-state index contributed by atoms with van der Waals surface area (Å²) in [7, 11) is 1.55. The highest BCUT2D eigenvalue weighted by Gasteiger charge is 2.18. The quantitative estimate of drug-likeness (QED) is 0.891. The molecule has 6 heteroatoms. The summed E-state index contributed by atoms with van der Waals surface area (Å²) >= 11 is 0. The molecule has 1 aromatic rings. The van der Waals surface area contributed by atoms with E-state index in [1.165, 1.54) is 6.07 Å². The van der Waals surface area contributed by atoms with Gasteiger partial charge in [0.15, 0.2) is 0 Å². The van der Waals surface area contributed by atoms with E-state index in [9.17, 15) is 8.78 Å². The van der Waals surface area contributed by atoms with Crippen LogP contribution in [-0.2, 0) is 0 Å². The summed E-state index contributed by atoms with van der Waals surface area (Å²) in [5, 5.41) is 3.21. The van der Waals surface area contributed by atoms with E-state index in [2.05, 4.69) is 10.1 Å². The summed E-state index contributed by atoms with van der Waals surface area (Å²) in [6.45, 7) is 0.343. The van der Waals surface area contributed by atoms with E-state index in [0.717, 1.165) is 26.2 Å². The molecule has 1 aliphatic heterocycles. The van der Waals surface area contributed by atoms with E-state index in [0.29, 0.717) is 11.4 Å². The van der Waals surface area contributed by atoms with Gasteiger partial charge in [0.05, 0.1) is 12.8 Å². The third kappa shape index (κ3) is 3.01. The molecule has 1 aromatic carbocycles. The van der Waals surface area contributed by atoms with Crippen molar-refractivity contribution in [2.45, 2.75) is 6.61 Å². The van der Waals surface area contributed by atoms with Gasteiger partial charge in [-0.2, -0.15) is 8.78 Å². The maximum Gasteiger partial charge on any atom is 0.387 e. The highest BCUT2D eigenvalue weighted by Crippen LogP contribution is 2.33. The standard InChI is InChI=1S/C12H16F2N2O2/c1-17-9-2-3-11(18-12(13)14)10(8-9)16-6-4-15-5-7-16/h2-3,8,12,15H,4-7H2,1H3. The SMILES string of the molecule is COc1ccc(OC(F)F)c(N2CCNCC2)c1. The van der Waals surface area contributed by atoms with Crippen molar-refractivity contribution in [1.82, 2.24) is 5.32 Å². The number of alkyl halides is 2. The Morgan fingerprint density at radius 2 is 2.00 bits per heavy atom. The first-order valence-electron chi connectivity index (χ1n) is 5.79. The zero-order chi connectivity index (χ0) is 13.0. The molecule has 0 amide bonds. The Hall–Kier alpha value is -1.56. The molecule has 18 heavy (non-hydrogen) atoms. The summed E-state index contributed by atoms with van der Waals surface area (Å²) < 4.78 is 34.4. The molecule has 0 aromatic heterocycles. The molecule has 100 valence electrons. The van der Waals surface area contributed by atoms with Crippen LogP contribution in [0.25, 0.3) is 0 Å². The lowest BCUT2D eigenvalue weighted by Crippen LogP contribution is -2.43. The number of halogens is 2. The van der Waals surface area contributed by atoms with Gasteiger partial charge in [-0.05, 0) is 12.1 Å². The van der Waals surface area contributed by atoms with Gasteiger partial charge >= 0.3 is 6.61 Å². The number of ether oxygens (including phenoxy) is 2. The van der Waals surface area contributed by atoms with Gasteiger partial charge in [-0.15, -0.1) is 0 Å². The molecule has 0 saturated carbocycles. The molecule has 1 heterocycles. The Kier molecular flexibility index (Phi) is 4.19. The number of benzene rings is 1. The van der Waals surface area contributed by atoms with Gasteiger partial charge in [-0.25, -0.2) is 0 Å². The minimum absolute atomic E-state index is 0.188. The van der Waals surface area contributed by atoms with E-state index in [1.54, 1.807) is 19.2 Å². The maximum atomic E-state index is 12.4. The second kappa shape index (κ2) is 5.86. The Labute approximate surface area is 104 Å². The Bertz CT molecular complexity index is 396. The lowest BCUT2D eigenvalue weighted by Gasteiger charge is -2.30. The smallest absolute Gasteiger partial charge is 0.387 e. The molecule has 1 fully saturated rings. The predicted molar refractivity (Wildman–Crippen MR) is 64.7 cm³/mol. The van der Waals surface area contributed by atoms with Gasteiger partial charge in [0.25, 0.3) is 0 Å². The van der Waals surface area contributed by atoms with E-state index >= 15 is 0 Å². The molecule has 0 unspecified atom stereocenters. The van der Waals surface area contributed by atoms with Crippen LogP contribution in [0.2, 0.25) is 0 Å². The van der Waals surface area contributed by atoms with Crippen LogP contribution in [0.15, 0.2) is 18.2 Å². The number of anilines is 1. The van der Waals surface area contributed by atoms with Crippen LogP contribution in [0.1, 0.15) is 0 Å². The van der Waals surface area contributed by atoms with Crippen LogP contribution < -0.4 is 19.7 Å². The second-order valence-electron chi connectivity index (χ2n) is 3.95. The lowest BCUT2D eigenvalue weighted by atomic mass is 10.2. The van der Waals surface area contributed by atoms with Gasteiger partial charge in [-0.1, -0.05) is 0 Å². The highest BCUT2D eigenvalue weighted by atomic mass is 19.3. The molecule has 4 nitrogen and oxygen atoms in total. The Morgan fingerprint density at radius 3 is 2.61 bits per heavy atom. The number of hydrogen-bond acceptors (Lipinski definition) is 4. The molecule has 0 bridgehead atoms. The summed E-state index contributed by atoms with van der Waals surface area (Å²) in [6, 6.07) is 4.86. The lowest BCUT2D eigenvalue weighted by molar-refractivity contribution is -0.0495. The van der Waals surface area contributed by atoms with E-state index < -0.39 is 6.61 Å². The van der Waals surface area contributed by atoms with Gasteiger partial charge in [0.1, 0.15) is 11.5 Å². The third-order valence-electron chi connectivity index (χ3n) is 2.84. The Morgan fingerprint density at radius 1 is 1.28 bits per heavy atom. The van der Waals surface area contributed by atoms with Gasteiger partial charge in [0, 0.05) is 32.2 Å². The zero-order valence-electron chi connectivity index (χ0n) is 10.2. The van der Waals surface area contributed by atoms with Crippen molar-refractivity contribution in [3.8, 4) is 11.5 Å². The fourth-order valence-corrected chi connectivity index (χ4v) is 1.97. The molecular formula is C12H16F2N2O2. The van der Waals surface area contributed by atoms with Crippen LogP contribution in [0.3, 0.4) is 0 Å². The number of methoxy groups -OCH3 is 1. The molecule has 0 atom stereocenters. The van der Waals surface area contributed by atoms with Crippen LogP contribution >= 0.6 is 0 Å². The fraction of sp³-hybridized carbons (Fsp3) is 0.500. The molecule has 1 N–H and O–H groups in total. The minimum Gasteiger partial charge on any atom is -0.497 e. The largest absolute Gasteiger partial charge is 0.497 e. The average molecular weight is 258 g/mol. The van der Waals surface area contributed by atoms with Crippen molar-refractivity contribution in [2.24, 2.45) is 0 Å². The number of hydrogen-bond donors (Lipinski definition) is 1. The fourth-order valence-electron chi connectivity index (χ4n) is 1.97. The first-order chi connectivity index (χ1) is 8.70. The van der Waals surface area contributed by atoms with Gasteiger partial charge < -0.3 is 19.7 Å². The second-order valence-corrected chi connectivity index (χ2v) is 3.95. The molecule has 0 spiro atoms. The van der Waals surface area contributed by atoms with Crippen LogP contribution in [0.5, 0.6) is 11.5 Å². The van der Waals surface area contributed by atoms with Crippen molar-refractivity contribution in [2.75, 3.05) is 38.2 Å². The van der Waals surface area contributed by atoms with E-state index in [1.807, 2.05) is 4.90 Å². The highest BCUT2D eigenvalue weighted by molar-refractivity contribution is 5.62. The van der Waals surface area contributed by atoms with Crippen molar-refractivity contribution in [3.63, 3.8) is 0 Å². The van der Waals surface area contributed by atoms with Gasteiger partial charge in [-0.3, -0.25) is 0 Å². The molecule has 1 saturated heterocycles. The first-order valence-corrected chi connectivity index (χ1v) is 5.79. The van der Waals surface area contributed by atoms with Gasteiger partial charge in [0.2, 0.25) is 0 Å². The van der Waals surface area contributed by atoms with Crippen LogP contribution in [0.4, 0.5) is 14.5 Å². The predicted octanol–water partition coefficient (Wildman–Crippen LogP) is 1.71. The molecule has 2 rings (SSSR count). The van der Waals surface area contributed by atoms with Crippen LogP contribution in [-0.4, -0.2) is 39.9 Å². The normalized spacial score (nSPS) is 15.9. The number of piperazine rings is 1. The molecule has 1 aliphatic rings. The molecular weight excluding hydrogens is 242 g/mol. The monoisotopic (exact) mass is 258 g/mol. The third-order valence-corrected chi connectivity index (χ3v) is 2.84. The van der Waals surface area contributed by atoms with E-state index in [4.69, 9.17) is 4.74 Å². The molecule has 0 aliphatic carbocycles. The summed E-state index contributed by atoms with van der Waals surface area (Å²) in [5.41, 5.74) is 0.649. The first kappa shape index (κ1) is 12.9. The number of nitrogens with one attached hydrogen (secondary N) is 1. The topological polar surface area (TPSA) is 33.7 Å². The van der Waals surface area contributed by atoms with Crippen molar-refractivity contribution in [1.29, 1.82) is 0 Å². The summed E-state index contributed by atoms with van der Waals surface area (Å²) in [6.07, 6.45) is 0. The van der Waals surface area contributed by atoms with Crippen molar-refractivity contribution < 1.29 is 18.3 Å². The van der Waals surface area contributed by atoms with Crippen molar-refractivity contribution >= 4 is 5.69 Å². The molecule has 0 radical (unpaired) electrons. The average Bonchev–Trinajstić information content (AvgIpc) is 2.39. The van der Waals surface area contributed by atoms with Crippen molar-refractivity contribution in [3.05, 3.63) is 18.2 Å². The Balaban J connectivity index is 2.27. The zero-order valence-corrected chi connectivity index (χ0v) is 10.2. The maximum absolute atomic E-state index is 12.4.